The minimum absolute atomic E-state index is 0.268. The quantitative estimate of drug-likeness (QED) is 0.834. The van der Waals surface area contributed by atoms with Crippen LogP contribution in [0.3, 0.4) is 0 Å². The summed E-state index contributed by atoms with van der Waals surface area (Å²) in [6.07, 6.45) is 5.09. The Balaban J connectivity index is 1.93. The van der Waals surface area contributed by atoms with E-state index in [0.29, 0.717) is 17.6 Å². The Morgan fingerprint density at radius 3 is 2.43 bits per heavy atom. The number of rotatable bonds is 4. The lowest BCUT2D eigenvalue weighted by molar-refractivity contribution is -0.123. The molecule has 0 N–H and O–H groups in total. The van der Waals surface area contributed by atoms with Crippen molar-refractivity contribution in [3.8, 4) is 0 Å². The third kappa shape index (κ3) is 3.96. The van der Waals surface area contributed by atoms with Gasteiger partial charge < -0.3 is 0 Å². The second kappa shape index (κ2) is 6.33. The molecule has 1 aromatic rings. The number of hydrogen-bond acceptors (Lipinski definition) is 2. The van der Waals surface area contributed by atoms with E-state index in [0.717, 1.165) is 36.7 Å². The predicted octanol–water partition coefficient (Wildman–Crippen LogP) is 4.18. The monoisotopic (exact) mass is 290 g/mol. The molecule has 1 heterocycles. The minimum Gasteiger partial charge on any atom is -0.299 e. The van der Waals surface area contributed by atoms with Crippen LogP contribution in [0.5, 0.6) is 0 Å². The molecule has 0 unspecified atom stereocenters. The second-order valence-corrected chi connectivity index (χ2v) is 7.65. The molecule has 1 aromatic heterocycles. The summed E-state index contributed by atoms with van der Waals surface area (Å²) in [5.74, 6) is 1.45. The molecule has 1 aliphatic carbocycles. The number of Topliss-reactive ketones (excluding diaryl/α,β-unsaturated/α-hetero) is 1. The Hall–Kier alpha value is -1.12. The zero-order valence-corrected chi connectivity index (χ0v) is 14.3. The van der Waals surface area contributed by atoms with Gasteiger partial charge in [-0.2, -0.15) is 5.10 Å². The minimum atomic E-state index is 0.268. The molecule has 1 aliphatic rings. The summed E-state index contributed by atoms with van der Waals surface area (Å²) < 4.78 is 1.97. The van der Waals surface area contributed by atoms with Gasteiger partial charge in [0, 0.05) is 24.6 Å². The van der Waals surface area contributed by atoms with Crippen LogP contribution in [0.15, 0.2) is 6.07 Å². The van der Waals surface area contributed by atoms with Crippen molar-refractivity contribution in [2.24, 2.45) is 17.3 Å². The Morgan fingerprint density at radius 2 is 1.90 bits per heavy atom. The highest BCUT2D eigenvalue weighted by Gasteiger charge is 2.32. The van der Waals surface area contributed by atoms with E-state index in [1.165, 1.54) is 12.8 Å². The third-order valence-electron chi connectivity index (χ3n) is 5.05. The van der Waals surface area contributed by atoms with E-state index in [1.54, 1.807) is 0 Å². The van der Waals surface area contributed by atoms with Crippen LogP contribution < -0.4 is 0 Å². The first-order chi connectivity index (χ1) is 9.81. The van der Waals surface area contributed by atoms with Crippen LogP contribution in [-0.4, -0.2) is 15.6 Å². The highest BCUT2D eigenvalue weighted by Crippen LogP contribution is 2.40. The fraction of sp³-hybridized carbons (Fsp3) is 0.778. The number of nitrogens with zero attached hydrogens (tertiary/aromatic N) is 2. The van der Waals surface area contributed by atoms with Crippen LogP contribution >= 0.6 is 0 Å². The van der Waals surface area contributed by atoms with E-state index in [-0.39, 0.29) is 5.92 Å². The van der Waals surface area contributed by atoms with E-state index in [1.807, 2.05) is 11.6 Å². The number of carbonyl (C=O) groups excluding carboxylic acids is 1. The maximum Gasteiger partial charge on any atom is 0.141 e. The fourth-order valence-electron chi connectivity index (χ4n) is 3.62. The lowest BCUT2D eigenvalue weighted by atomic mass is 9.69. The summed E-state index contributed by atoms with van der Waals surface area (Å²) in [4.78, 5) is 12.6. The molecule has 0 spiro atoms. The standard InChI is InChI=1S/C18H30N2O/c1-6-20-16(11-13(2)19-20)12-17(21)14-7-9-15(10-8-14)18(3,4)5/h11,14-15H,6-10,12H2,1-5H3. The lowest BCUT2D eigenvalue weighted by Gasteiger charge is -2.36. The lowest BCUT2D eigenvalue weighted by Crippen LogP contribution is -2.29. The first kappa shape index (κ1) is 16.3. The van der Waals surface area contributed by atoms with Crippen molar-refractivity contribution in [2.75, 3.05) is 0 Å². The van der Waals surface area contributed by atoms with Gasteiger partial charge in [0.25, 0.3) is 0 Å². The van der Waals surface area contributed by atoms with Crippen LogP contribution in [0.4, 0.5) is 0 Å². The van der Waals surface area contributed by atoms with Crippen LogP contribution in [0.2, 0.25) is 0 Å². The summed E-state index contributed by atoms with van der Waals surface area (Å²) in [5.41, 5.74) is 2.47. The van der Waals surface area contributed by atoms with Crippen LogP contribution in [0.25, 0.3) is 0 Å². The van der Waals surface area contributed by atoms with Gasteiger partial charge in [0.2, 0.25) is 0 Å². The second-order valence-electron chi connectivity index (χ2n) is 7.65. The van der Waals surface area contributed by atoms with E-state index >= 15 is 0 Å². The molecule has 0 atom stereocenters. The average Bonchev–Trinajstić information content (AvgIpc) is 2.78. The van der Waals surface area contributed by atoms with Gasteiger partial charge >= 0.3 is 0 Å². The molecule has 1 saturated carbocycles. The Bertz CT molecular complexity index is 488. The average molecular weight is 290 g/mol. The van der Waals surface area contributed by atoms with Crippen molar-refractivity contribution in [3.63, 3.8) is 0 Å². The number of ketones is 1. The smallest absolute Gasteiger partial charge is 0.141 e. The molecule has 0 aliphatic heterocycles. The normalized spacial score (nSPS) is 23.3. The van der Waals surface area contributed by atoms with E-state index < -0.39 is 0 Å². The van der Waals surface area contributed by atoms with Gasteiger partial charge in [-0.05, 0) is 56.9 Å². The first-order valence-corrected chi connectivity index (χ1v) is 8.37. The molecule has 0 bridgehead atoms. The topological polar surface area (TPSA) is 34.9 Å². The van der Waals surface area contributed by atoms with Crippen molar-refractivity contribution in [1.29, 1.82) is 0 Å². The van der Waals surface area contributed by atoms with Gasteiger partial charge in [0.15, 0.2) is 0 Å². The molecule has 2 rings (SSSR count). The molecule has 21 heavy (non-hydrogen) atoms. The van der Waals surface area contributed by atoms with Gasteiger partial charge in [-0.25, -0.2) is 0 Å². The van der Waals surface area contributed by atoms with Gasteiger partial charge in [0.05, 0.1) is 5.69 Å². The number of hydrogen-bond donors (Lipinski definition) is 0. The van der Waals surface area contributed by atoms with Crippen LogP contribution in [0, 0.1) is 24.2 Å². The molecule has 1 fully saturated rings. The Kier molecular flexibility index (Phi) is 4.90. The highest BCUT2D eigenvalue weighted by molar-refractivity contribution is 5.83. The maximum atomic E-state index is 12.6. The number of aryl methyl sites for hydroxylation is 2. The van der Waals surface area contributed by atoms with Crippen molar-refractivity contribution in [1.82, 2.24) is 9.78 Å². The summed E-state index contributed by atoms with van der Waals surface area (Å²) in [6, 6.07) is 2.06. The molecule has 0 radical (unpaired) electrons. The molecule has 3 heteroatoms. The van der Waals surface area contributed by atoms with Crippen molar-refractivity contribution >= 4 is 5.78 Å². The number of aromatic nitrogens is 2. The molecular formula is C18H30N2O. The van der Waals surface area contributed by atoms with E-state index in [4.69, 9.17) is 0 Å². The molecule has 0 amide bonds. The fourth-order valence-corrected chi connectivity index (χ4v) is 3.62. The van der Waals surface area contributed by atoms with Crippen LogP contribution in [0.1, 0.15) is 64.8 Å². The molecule has 118 valence electrons. The van der Waals surface area contributed by atoms with Crippen molar-refractivity contribution < 1.29 is 4.79 Å². The zero-order chi connectivity index (χ0) is 15.6. The van der Waals surface area contributed by atoms with E-state index in [2.05, 4.69) is 38.9 Å². The SMILES string of the molecule is CCn1nc(C)cc1CC(=O)C1CCC(C(C)(C)C)CC1. The summed E-state index contributed by atoms with van der Waals surface area (Å²) in [5, 5.41) is 4.44. The molecule has 0 saturated heterocycles. The summed E-state index contributed by atoms with van der Waals surface area (Å²) in [6.45, 7) is 11.9. The summed E-state index contributed by atoms with van der Waals surface area (Å²) >= 11 is 0. The van der Waals surface area contributed by atoms with Crippen molar-refractivity contribution in [3.05, 3.63) is 17.5 Å². The van der Waals surface area contributed by atoms with Crippen LogP contribution in [-0.2, 0) is 17.8 Å². The maximum absolute atomic E-state index is 12.6. The number of carbonyl (C=O) groups is 1. The van der Waals surface area contributed by atoms with Crippen molar-refractivity contribution in [2.45, 2.75) is 73.3 Å². The highest BCUT2D eigenvalue weighted by atomic mass is 16.1. The predicted molar refractivity (Wildman–Crippen MR) is 86.3 cm³/mol. The zero-order valence-electron chi connectivity index (χ0n) is 14.3. The Morgan fingerprint density at radius 1 is 1.29 bits per heavy atom. The van der Waals surface area contributed by atoms with Gasteiger partial charge in [-0.3, -0.25) is 9.48 Å². The largest absolute Gasteiger partial charge is 0.299 e. The first-order valence-electron chi connectivity index (χ1n) is 8.37. The van der Waals surface area contributed by atoms with Gasteiger partial charge in [-0.15, -0.1) is 0 Å². The molecule has 0 aromatic carbocycles. The molecule has 3 nitrogen and oxygen atoms in total. The Labute approximate surface area is 129 Å². The summed E-state index contributed by atoms with van der Waals surface area (Å²) in [7, 11) is 0. The van der Waals surface area contributed by atoms with E-state index in [9.17, 15) is 4.79 Å². The third-order valence-corrected chi connectivity index (χ3v) is 5.05. The molecular weight excluding hydrogens is 260 g/mol. The van der Waals surface area contributed by atoms with Gasteiger partial charge in [-0.1, -0.05) is 20.8 Å². The van der Waals surface area contributed by atoms with Gasteiger partial charge in [0.1, 0.15) is 5.78 Å².